The fourth-order valence-electron chi connectivity index (χ4n) is 4.95. The second kappa shape index (κ2) is 6.35. The number of rotatable bonds is 3. The van der Waals surface area contributed by atoms with Crippen molar-refractivity contribution in [2.24, 2.45) is 7.05 Å². The monoisotopic (exact) mass is 367 g/mol. The lowest BCUT2D eigenvalue weighted by Gasteiger charge is -2.31. The molecule has 1 unspecified atom stereocenters. The van der Waals surface area contributed by atoms with Gasteiger partial charge in [-0.3, -0.25) is 0 Å². The molecule has 0 aliphatic carbocycles. The summed E-state index contributed by atoms with van der Waals surface area (Å²) in [6.07, 6.45) is 3.17. The van der Waals surface area contributed by atoms with E-state index in [4.69, 9.17) is 4.74 Å². The number of nitrogens with zero attached hydrogens (tertiary/aromatic N) is 1. The third kappa shape index (κ3) is 2.52. The molecule has 0 amide bonds. The minimum absolute atomic E-state index is 0.145. The summed E-state index contributed by atoms with van der Waals surface area (Å²) in [5.74, 6) is 0. The van der Waals surface area contributed by atoms with E-state index in [0.717, 1.165) is 6.42 Å². The van der Waals surface area contributed by atoms with Crippen LogP contribution in [0.1, 0.15) is 30.0 Å². The molecule has 0 saturated carbocycles. The van der Waals surface area contributed by atoms with E-state index < -0.39 is 0 Å². The van der Waals surface area contributed by atoms with E-state index in [1.165, 1.54) is 27.6 Å². The van der Waals surface area contributed by atoms with Gasteiger partial charge in [-0.1, -0.05) is 78.9 Å². The van der Waals surface area contributed by atoms with Gasteiger partial charge >= 0.3 is 0 Å². The van der Waals surface area contributed by atoms with Crippen LogP contribution in [0.15, 0.2) is 91.1 Å². The van der Waals surface area contributed by atoms with Crippen LogP contribution >= 0.6 is 0 Å². The molecular weight excluding hydrogens is 342 g/mol. The highest BCUT2D eigenvalue weighted by atomic mass is 16.5. The van der Waals surface area contributed by atoms with Crippen LogP contribution in [0.3, 0.4) is 0 Å². The fourth-order valence-corrected chi connectivity index (χ4v) is 4.95. The Balaban J connectivity index is 1.67. The Kier molecular flexibility index (Phi) is 3.92. The second-order valence-corrected chi connectivity index (χ2v) is 8.18. The molecule has 4 aromatic rings. The minimum Gasteiger partial charge on any atom is -0.369 e. The highest BCUT2D eigenvalue weighted by Gasteiger charge is 2.50. The molecule has 2 heteroatoms. The molecule has 140 valence electrons. The number of para-hydroxylation sites is 1. The summed E-state index contributed by atoms with van der Waals surface area (Å²) >= 11 is 0. The number of benzene rings is 3. The average molecular weight is 367 g/mol. The first-order valence-electron chi connectivity index (χ1n) is 9.92. The maximum absolute atomic E-state index is 6.66. The molecule has 0 radical (unpaired) electrons. The summed E-state index contributed by atoms with van der Waals surface area (Å²) < 4.78 is 8.87. The molecule has 1 saturated heterocycles. The summed E-state index contributed by atoms with van der Waals surface area (Å²) in [5.41, 5.74) is 4.69. The first-order chi connectivity index (χ1) is 13.6. The molecule has 1 fully saturated rings. The topological polar surface area (TPSA) is 14.2 Å². The van der Waals surface area contributed by atoms with E-state index in [0.29, 0.717) is 6.61 Å². The van der Waals surface area contributed by atoms with Gasteiger partial charge in [0, 0.05) is 35.1 Å². The van der Waals surface area contributed by atoms with E-state index in [2.05, 4.69) is 110 Å². The van der Waals surface area contributed by atoms with Crippen molar-refractivity contribution in [3.63, 3.8) is 0 Å². The zero-order chi connectivity index (χ0) is 19.2. The average Bonchev–Trinajstić information content (AvgIpc) is 3.29. The van der Waals surface area contributed by atoms with Crippen molar-refractivity contribution in [2.75, 3.05) is 6.61 Å². The zero-order valence-corrected chi connectivity index (χ0v) is 16.4. The Morgan fingerprint density at radius 3 is 2.00 bits per heavy atom. The number of hydrogen-bond donors (Lipinski definition) is 0. The predicted octanol–water partition coefficient (Wildman–Crippen LogP) is 5.80. The highest BCUT2D eigenvalue weighted by Crippen LogP contribution is 2.51. The SMILES string of the molecule is Cn1cc(C2(C)CC(c3ccccc3)(c3ccccc3)CO2)c2ccccc21. The van der Waals surface area contributed by atoms with Crippen molar-refractivity contribution >= 4 is 10.9 Å². The van der Waals surface area contributed by atoms with Crippen molar-refractivity contribution < 1.29 is 4.74 Å². The molecule has 0 N–H and O–H groups in total. The van der Waals surface area contributed by atoms with E-state index in [-0.39, 0.29) is 11.0 Å². The summed E-state index contributed by atoms with van der Waals surface area (Å²) in [6.45, 7) is 2.93. The quantitative estimate of drug-likeness (QED) is 0.446. The Morgan fingerprint density at radius 1 is 0.786 bits per heavy atom. The van der Waals surface area contributed by atoms with Crippen LogP contribution in [0.5, 0.6) is 0 Å². The van der Waals surface area contributed by atoms with Crippen LogP contribution in [-0.4, -0.2) is 11.2 Å². The Bertz CT molecular complexity index is 1070. The van der Waals surface area contributed by atoms with Gasteiger partial charge in [0.1, 0.15) is 0 Å². The molecule has 3 aromatic carbocycles. The number of ether oxygens (including phenoxy) is 1. The molecule has 5 rings (SSSR count). The molecule has 0 bridgehead atoms. The van der Waals surface area contributed by atoms with Gasteiger partial charge in [0.2, 0.25) is 0 Å². The lowest BCUT2D eigenvalue weighted by molar-refractivity contribution is 0.0165. The van der Waals surface area contributed by atoms with E-state index in [9.17, 15) is 0 Å². The molecule has 1 atom stereocenters. The van der Waals surface area contributed by atoms with Gasteiger partial charge in [-0.2, -0.15) is 0 Å². The van der Waals surface area contributed by atoms with Crippen LogP contribution in [0.2, 0.25) is 0 Å². The van der Waals surface area contributed by atoms with Gasteiger partial charge in [-0.05, 0) is 30.5 Å². The van der Waals surface area contributed by atoms with E-state index >= 15 is 0 Å². The lowest BCUT2D eigenvalue weighted by atomic mass is 9.70. The van der Waals surface area contributed by atoms with Gasteiger partial charge in [-0.15, -0.1) is 0 Å². The Hall–Kier alpha value is -2.84. The predicted molar refractivity (Wildman–Crippen MR) is 115 cm³/mol. The molecule has 2 nitrogen and oxygen atoms in total. The highest BCUT2D eigenvalue weighted by molar-refractivity contribution is 5.85. The molecular formula is C26H25NO. The summed E-state index contributed by atoms with van der Waals surface area (Å²) in [6, 6.07) is 30.3. The first-order valence-corrected chi connectivity index (χ1v) is 9.92. The van der Waals surface area contributed by atoms with Gasteiger partial charge in [-0.25, -0.2) is 0 Å². The van der Waals surface area contributed by atoms with E-state index in [1.54, 1.807) is 0 Å². The first kappa shape index (κ1) is 17.3. The third-order valence-corrected chi connectivity index (χ3v) is 6.40. The van der Waals surface area contributed by atoms with Crippen LogP contribution in [0.4, 0.5) is 0 Å². The van der Waals surface area contributed by atoms with Crippen LogP contribution in [-0.2, 0) is 22.8 Å². The normalized spacial score (nSPS) is 21.2. The number of aryl methyl sites for hydroxylation is 1. The van der Waals surface area contributed by atoms with Gasteiger partial charge in [0.15, 0.2) is 0 Å². The largest absolute Gasteiger partial charge is 0.369 e. The Morgan fingerprint density at radius 2 is 1.36 bits per heavy atom. The van der Waals surface area contributed by atoms with Gasteiger partial charge < -0.3 is 9.30 Å². The van der Waals surface area contributed by atoms with E-state index in [1.807, 2.05) is 0 Å². The molecule has 28 heavy (non-hydrogen) atoms. The molecule has 0 spiro atoms. The van der Waals surface area contributed by atoms with Crippen LogP contribution < -0.4 is 0 Å². The number of fused-ring (bicyclic) bond motifs is 1. The van der Waals surface area contributed by atoms with Gasteiger partial charge in [0.25, 0.3) is 0 Å². The molecule has 2 heterocycles. The maximum Gasteiger partial charge on any atom is 0.0937 e. The van der Waals surface area contributed by atoms with Crippen LogP contribution in [0, 0.1) is 0 Å². The number of hydrogen-bond acceptors (Lipinski definition) is 1. The van der Waals surface area contributed by atoms with Crippen molar-refractivity contribution in [2.45, 2.75) is 24.4 Å². The molecule has 1 aliphatic heterocycles. The van der Waals surface area contributed by atoms with Crippen molar-refractivity contribution in [1.29, 1.82) is 0 Å². The summed E-state index contributed by atoms with van der Waals surface area (Å²) in [7, 11) is 2.12. The van der Waals surface area contributed by atoms with Gasteiger partial charge in [0.05, 0.1) is 12.2 Å². The second-order valence-electron chi connectivity index (χ2n) is 8.18. The molecule has 1 aromatic heterocycles. The van der Waals surface area contributed by atoms with Crippen molar-refractivity contribution in [3.8, 4) is 0 Å². The zero-order valence-electron chi connectivity index (χ0n) is 16.4. The lowest BCUT2D eigenvalue weighted by Crippen LogP contribution is -2.30. The van der Waals surface area contributed by atoms with Crippen LogP contribution in [0.25, 0.3) is 10.9 Å². The smallest absolute Gasteiger partial charge is 0.0937 e. The summed E-state index contributed by atoms with van der Waals surface area (Å²) in [5, 5.41) is 1.28. The summed E-state index contributed by atoms with van der Waals surface area (Å²) in [4.78, 5) is 0. The Labute approximate surface area is 166 Å². The third-order valence-electron chi connectivity index (χ3n) is 6.40. The number of aromatic nitrogens is 1. The standard InChI is InChI=1S/C26H25NO/c1-25(23-17-27(2)24-16-10-9-15-22(23)24)18-26(19-28-25,20-11-5-3-6-12-20)21-13-7-4-8-14-21/h3-17H,18-19H2,1-2H3. The van der Waals surface area contributed by atoms with Crippen molar-refractivity contribution in [1.82, 2.24) is 4.57 Å². The minimum atomic E-state index is -0.341. The molecule has 1 aliphatic rings. The maximum atomic E-state index is 6.66. The van der Waals surface area contributed by atoms with Crippen molar-refractivity contribution in [3.05, 3.63) is 108 Å². The fraction of sp³-hybridized carbons (Fsp3) is 0.231.